The molecule has 4 heteroatoms. The summed E-state index contributed by atoms with van der Waals surface area (Å²) in [4.78, 5) is 11.3. The van der Waals surface area contributed by atoms with Gasteiger partial charge in [-0.1, -0.05) is 13.8 Å². The first-order chi connectivity index (χ1) is 7.06. The summed E-state index contributed by atoms with van der Waals surface area (Å²) in [7, 11) is 1.66. The van der Waals surface area contributed by atoms with E-state index in [1.54, 1.807) is 7.11 Å². The van der Waals surface area contributed by atoms with Gasteiger partial charge in [-0.3, -0.25) is 4.79 Å². The van der Waals surface area contributed by atoms with Crippen LogP contribution in [0.3, 0.4) is 0 Å². The molecule has 0 saturated heterocycles. The van der Waals surface area contributed by atoms with Crippen LogP contribution < -0.4 is 10.6 Å². The molecule has 0 aliphatic heterocycles. The molecule has 4 nitrogen and oxygen atoms in total. The summed E-state index contributed by atoms with van der Waals surface area (Å²) < 4.78 is 5.05. The highest BCUT2D eigenvalue weighted by molar-refractivity contribution is 5.77. The van der Waals surface area contributed by atoms with Crippen LogP contribution in [0.4, 0.5) is 0 Å². The van der Waals surface area contributed by atoms with E-state index < -0.39 is 0 Å². The van der Waals surface area contributed by atoms with Gasteiger partial charge in [-0.05, 0) is 19.3 Å². The van der Waals surface area contributed by atoms with Crippen molar-refractivity contribution in [2.75, 3.05) is 26.7 Å². The molecule has 15 heavy (non-hydrogen) atoms. The molecule has 1 unspecified atom stereocenters. The Morgan fingerprint density at radius 2 is 2.00 bits per heavy atom. The van der Waals surface area contributed by atoms with Crippen LogP contribution in [0.5, 0.6) is 0 Å². The van der Waals surface area contributed by atoms with Crippen LogP contribution in [0.15, 0.2) is 0 Å². The molecule has 0 heterocycles. The summed E-state index contributed by atoms with van der Waals surface area (Å²) in [6.45, 7) is 8.08. The van der Waals surface area contributed by atoms with E-state index in [1.807, 2.05) is 6.92 Å². The molecule has 0 aliphatic rings. The zero-order chi connectivity index (χ0) is 11.7. The first-order valence-corrected chi connectivity index (χ1v) is 5.56. The van der Waals surface area contributed by atoms with Crippen molar-refractivity contribution in [2.45, 2.75) is 33.3 Å². The summed E-state index contributed by atoms with van der Waals surface area (Å²) >= 11 is 0. The van der Waals surface area contributed by atoms with Gasteiger partial charge in [0.15, 0.2) is 0 Å². The van der Waals surface area contributed by atoms with Gasteiger partial charge in [0.1, 0.15) is 0 Å². The van der Waals surface area contributed by atoms with E-state index in [1.165, 1.54) is 0 Å². The maximum absolute atomic E-state index is 11.3. The largest absolute Gasteiger partial charge is 0.380 e. The van der Waals surface area contributed by atoms with E-state index in [9.17, 15) is 4.79 Å². The minimum Gasteiger partial charge on any atom is -0.380 e. The van der Waals surface area contributed by atoms with Crippen LogP contribution in [-0.2, 0) is 9.53 Å². The molecular formula is C11H24N2O2. The monoisotopic (exact) mass is 216 g/mol. The smallest absolute Gasteiger partial charge is 0.233 e. The van der Waals surface area contributed by atoms with E-state index in [4.69, 9.17) is 4.74 Å². The molecule has 0 aliphatic carbocycles. The van der Waals surface area contributed by atoms with Crippen molar-refractivity contribution in [3.8, 4) is 0 Å². The Kier molecular flexibility index (Phi) is 8.33. The molecule has 0 bridgehead atoms. The van der Waals surface area contributed by atoms with Gasteiger partial charge in [0.2, 0.25) is 5.91 Å². The van der Waals surface area contributed by atoms with Crippen LogP contribution in [0.2, 0.25) is 0 Å². The summed E-state index contributed by atoms with van der Waals surface area (Å²) in [6.07, 6.45) is 1.17. The molecule has 2 N–H and O–H groups in total. The van der Waals surface area contributed by atoms with Crippen LogP contribution in [0, 0.1) is 5.92 Å². The number of rotatable bonds is 8. The number of methoxy groups -OCH3 is 1. The third-order valence-corrected chi connectivity index (χ3v) is 2.16. The highest BCUT2D eigenvalue weighted by atomic mass is 16.5. The van der Waals surface area contributed by atoms with Gasteiger partial charge in [-0.25, -0.2) is 0 Å². The van der Waals surface area contributed by atoms with Crippen molar-refractivity contribution in [3.63, 3.8) is 0 Å². The standard InChI is InChI=1S/C11H24N2O2/c1-9(2)5-6-13-11(14)8-12-7-10(3)15-4/h9-10,12H,5-8H2,1-4H3,(H,13,14). The number of carbonyl (C=O) groups excluding carboxylic acids is 1. The average molecular weight is 216 g/mol. The van der Waals surface area contributed by atoms with Crippen molar-refractivity contribution in [1.29, 1.82) is 0 Å². The van der Waals surface area contributed by atoms with Gasteiger partial charge in [-0.15, -0.1) is 0 Å². The molecule has 0 rings (SSSR count). The third kappa shape index (κ3) is 9.69. The zero-order valence-electron chi connectivity index (χ0n) is 10.3. The number of ether oxygens (including phenoxy) is 1. The lowest BCUT2D eigenvalue weighted by Crippen LogP contribution is -2.37. The van der Waals surface area contributed by atoms with E-state index in [-0.39, 0.29) is 12.0 Å². The highest BCUT2D eigenvalue weighted by Crippen LogP contribution is 1.95. The fraction of sp³-hybridized carbons (Fsp3) is 0.909. The Hall–Kier alpha value is -0.610. The Balaban J connectivity index is 3.33. The lowest BCUT2D eigenvalue weighted by Gasteiger charge is -2.11. The molecule has 1 amide bonds. The fourth-order valence-corrected chi connectivity index (χ4v) is 1.04. The minimum atomic E-state index is 0.0546. The van der Waals surface area contributed by atoms with E-state index in [0.717, 1.165) is 13.0 Å². The quantitative estimate of drug-likeness (QED) is 0.630. The Morgan fingerprint density at radius 3 is 2.53 bits per heavy atom. The second-order valence-corrected chi connectivity index (χ2v) is 4.21. The highest BCUT2D eigenvalue weighted by Gasteiger charge is 2.02. The topological polar surface area (TPSA) is 50.4 Å². The van der Waals surface area contributed by atoms with Crippen LogP contribution in [0.25, 0.3) is 0 Å². The van der Waals surface area contributed by atoms with Crippen molar-refractivity contribution >= 4 is 5.91 Å². The molecule has 0 aromatic heterocycles. The SMILES string of the molecule is COC(C)CNCC(=O)NCCC(C)C. The van der Waals surface area contributed by atoms with Gasteiger partial charge in [0.25, 0.3) is 0 Å². The number of carbonyl (C=O) groups is 1. The van der Waals surface area contributed by atoms with Gasteiger partial charge < -0.3 is 15.4 Å². The van der Waals surface area contributed by atoms with Crippen molar-refractivity contribution in [2.24, 2.45) is 5.92 Å². The molecule has 0 radical (unpaired) electrons. The van der Waals surface area contributed by atoms with Crippen LogP contribution in [-0.4, -0.2) is 38.8 Å². The lowest BCUT2D eigenvalue weighted by atomic mass is 10.1. The Labute approximate surface area is 92.8 Å². The maximum Gasteiger partial charge on any atom is 0.233 e. The first-order valence-electron chi connectivity index (χ1n) is 5.56. The van der Waals surface area contributed by atoms with Crippen LogP contribution >= 0.6 is 0 Å². The van der Waals surface area contributed by atoms with Gasteiger partial charge >= 0.3 is 0 Å². The predicted molar refractivity (Wildman–Crippen MR) is 61.8 cm³/mol. The van der Waals surface area contributed by atoms with E-state index in [2.05, 4.69) is 24.5 Å². The molecule has 1 atom stereocenters. The fourth-order valence-electron chi connectivity index (χ4n) is 1.04. The summed E-state index contributed by atoms with van der Waals surface area (Å²) in [5.74, 6) is 0.686. The maximum atomic E-state index is 11.3. The first kappa shape index (κ1) is 14.4. The molecular weight excluding hydrogens is 192 g/mol. The third-order valence-electron chi connectivity index (χ3n) is 2.16. The summed E-state index contributed by atoms with van der Waals surface area (Å²) in [6, 6.07) is 0. The molecule has 0 fully saturated rings. The number of nitrogens with one attached hydrogen (secondary N) is 2. The molecule has 0 saturated carbocycles. The summed E-state index contributed by atoms with van der Waals surface area (Å²) in [5.41, 5.74) is 0. The molecule has 0 aromatic rings. The normalized spacial score (nSPS) is 12.9. The van der Waals surface area contributed by atoms with Crippen molar-refractivity contribution < 1.29 is 9.53 Å². The lowest BCUT2D eigenvalue weighted by molar-refractivity contribution is -0.120. The second kappa shape index (κ2) is 8.68. The minimum absolute atomic E-state index is 0.0546. The summed E-state index contributed by atoms with van der Waals surface area (Å²) in [5, 5.41) is 5.90. The molecule has 90 valence electrons. The average Bonchev–Trinajstić information content (AvgIpc) is 2.17. The molecule has 0 spiro atoms. The van der Waals surface area contributed by atoms with Crippen molar-refractivity contribution in [1.82, 2.24) is 10.6 Å². The van der Waals surface area contributed by atoms with Gasteiger partial charge in [-0.2, -0.15) is 0 Å². The van der Waals surface area contributed by atoms with E-state index in [0.29, 0.717) is 19.0 Å². The van der Waals surface area contributed by atoms with E-state index >= 15 is 0 Å². The van der Waals surface area contributed by atoms with Gasteiger partial charge in [0, 0.05) is 20.2 Å². The number of hydrogen-bond acceptors (Lipinski definition) is 3. The Morgan fingerprint density at radius 1 is 1.33 bits per heavy atom. The zero-order valence-corrected chi connectivity index (χ0v) is 10.3. The number of hydrogen-bond donors (Lipinski definition) is 2. The van der Waals surface area contributed by atoms with Gasteiger partial charge in [0.05, 0.1) is 12.6 Å². The molecule has 0 aromatic carbocycles. The number of amides is 1. The second-order valence-electron chi connectivity index (χ2n) is 4.21. The van der Waals surface area contributed by atoms with Crippen LogP contribution in [0.1, 0.15) is 27.2 Å². The van der Waals surface area contributed by atoms with Crippen molar-refractivity contribution in [3.05, 3.63) is 0 Å². The Bertz CT molecular complexity index is 172. The predicted octanol–water partition coefficient (Wildman–Crippen LogP) is 0.773.